The van der Waals surface area contributed by atoms with Gasteiger partial charge in [0, 0.05) is 10.7 Å². The molecule has 1 spiro atoms. The van der Waals surface area contributed by atoms with Gasteiger partial charge in [-0.3, -0.25) is 9.52 Å². The van der Waals surface area contributed by atoms with Gasteiger partial charge < -0.3 is 5.32 Å². The van der Waals surface area contributed by atoms with Crippen molar-refractivity contribution in [3.8, 4) is 0 Å². The first-order valence-corrected chi connectivity index (χ1v) is 10.3. The number of pyridine rings is 1. The van der Waals surface area contributed by atoms with Gasteiger partial charge >= 0.3 is 0 Å². The zero-order valence-electron chi connectivity index (χ0n) is 12.8. The van der Waals surface area contributed by atoms with E-state index in [4.69, 9.17) is 11.6 Å². The van der Waals surface area contributed by atoms with Crippen LogP contribution in [-0.4, -0.2) is 19.3 Å². The van der Waals surface area contributed by atoms with Gasteiger partial charge in [-0.15, -0.1) is 0 Å². The zero-order valence-corrected chi connectivity index (χ0v) is 16.0. The zero-order chi connectivity index (χ0) is 17.8. The average Bonchev–Trinajstić information content (AvgIpc) is 2.80. The van der Waals surface area contributed by atoms with Crippen molar-refractivity contribution in [1.82, 2.24) is 4.98 Å². The molecule has 9 heteroatoms. The van der Waals surface area contributed by atoms with Gasteiger partial charge in [0.05, 0.1) is 16.8 Å². The summed E-state index contributed by atoms with van der Waals surface area (Å²) < 4.78 is 28.3. The highest BCUT2D eigenvalue weighted by Gasteiger charge is 2.51. The van der Waals surface area contributed by atoms with Crippen molar-refractivity contribution in [2.24, 2.45) is 0 Å². The fraction of sp³-hybridized carbons (Fsp3) is 0.250. The summed E-state index contributed by atoms with van der Waals surface area (Å²) in [6.45, 7) is 0. The summed E-state index contributed by atoms with van der Waals surface area (Å²) in [5.74, 6) is -0.0173. The lowest BCUT2D eigenvalue weighted by Crippen LogP contribution is -2.40. The molecule has 2 aromatic rings. The molecular weight excluding hydrogens is 430 g/mol. The summed E-state index contributed by atoms with van der Waals surface area (Å²) in [6, 6.07) is 6.18. The molecule has 0 radical (unpaired) electrons. The number of hydrogen-bond donors (Lipinski definition) is 2. The number of amides is 1. The van der Waals surface area contributed by atoms with Crippen LogP contribution < -0.4 is 10.0 Å². The van der Waals surface area contributed by atoms with Crippen molar-refractivity contribution in [2.45, 2.75) is 29.6 Å². The Labute approximate surface area is 158 Å². The lowest BCUT2D eigenvalue weighted by Gasteiger charge is -2.36. The molecule has 4 rings (SSSR count). The van der Waals surface area contributed by atoms with Crippen molar-refractivity contribution in [3.05, 3.63) is 45.7 Å². The Morgan fingerprint density at radius 2 is 2.04 bits per heavy atom. The summed E-state index contributed by atoms with van der Waals surface area (Å²) >= 11 is 9.13. The Bertz CT molecular complexity index is 988. The fourth-order valence-electron chi connectivity index (χ4n) is 3.29. The molecule has 1 aliphatic heterocycles. The number of nitrogens with one attached hydrogen (secondary N) is 2. The van der Waals surface area contributed by atoms with E-state index in [2.05, 4.69) is 31.0 Å². The van der Waals surface area contributed by atoms with E-state index in [9.17, 15) is 13.2 Å². The molecule has 0 bridgehead atoms. The van der Waals surface area contributed by atoms with E-state index >= 15 is 0 Å². The normalized spacial score (nSPS) is 17.8. The van der Waals surface area contributed by atoms with Crippen LogP contribution in [0.2, 0.25) is 5.15 Å². The number of anilines is 2. The van der Waals surface area contributed by atoms with Crippen molar-refractivity contribution in [3.63, 3.8) is 0 Å². The van der Waals surface area contributed by atoms with Crippen LogP contribution >= 0.6 is 27.5 Å². The summed E-state index contributed by atoms with van der Waals surface area (Å²) in [5.41, 5.74) is 1.43. The first-order chi connectivity index (χ1) is 11.8. The van der Waals surface area contributed by atoms with Crippen molar-refractivity contribution >= 4 is 54.8 Å². The predicted octanol–water partition coefficient (Wildman–Crippen LogP) is 3.67. The number of carbonyl (C=O) groups is 1. The van der Waals surface area contributed by atoms with Gasteiger partial charge in [0.2, 0.25) is 5.91 Å². The van der Waals surface area contributed by atoms with E-state index in [0.29, 0.717) is 10.2 Å². The Balaban J connectivity index is 1.72. The van der Waals surface area contributed by atoms with Crippen LogP contribution in [0.1, 0.15) is 24.8 Å². The number of halogens is 2. The second-order valence-electron chi connectivity index (χ2n) is 6.19. The highest BCUT2D eigenvalue weighted by Crippen LogP contribution is 2.53. The monoisotopic (exact) mass is 441 g/mol. The van der Waals surface area contributed by atoms with E-state index in [1.54, 1.807) is 12.1 Å². The minimum absolute atomic E-state index is 0.0149. The van der Waals surface area contributed by atoms with E-state index < -0.39 is 15.4 Å². The van der Waals surface area contributed by atoms with Crippen molar-refractivity contribution in [2.75, 3.05) is 10.0 Å². The number of carbonyl (C=O) groups excluding carboxylic acids is 1. The van der Waals surface area contributed by atoms with Crippen LogP contribution in [0.25, 0.3) is 0 Å². The van der Waals surface area contributed by atoms with Gasteiger partial charge in [0.15, 0.2) is 0 Å². The summed E-state index contributed by atoms with van der Waals surface area (Å²) in [6.07, 6.45) is 3.73. The number of sulfonamides is 1. The molecule has 130 valence electrons. The van der Waals surface area contributed by atoms with Gasteiger partial charge in [-0.25, -0.2) is 13.4 Å². The third-order valence-electron chi connectivity index (χ3n) is 4.75. The molecule has 1 aliphatic carbocycles. The van der Waals surface area contributed by atoms with Gasteiger partial charge in [-0.05, 0) is 58.6 Å². The van der Waals surface area contributed by atoms with Gasteiger partial charge in [-0.2, -0.15) is 0 Å². The van der Waals surface area contributed by atoms with Crippen LogP contribution in [0.4, 0.5) is 11.4 Å². The molecule has 0 unspecified atom stereocenters. The third-order valence-corrected chi connectivity index (χ3v) is 6.96. The average molecular weight is 443 g/mol. The van der Waals surface area contributed by atoms with Gasteiger partial charge in [0.1, 0.15) is 10.0 Å². The first kappa shape index (κ1) is 16.8. The molecule has 2 N–H and O–H groups in total. The Hall–Kier alpha value is -1.64. The van der Waals surface area contributed by atoms with Gasteiger partial charge in [-0.1, -0.05) is 18.0 Å². The lowest BCUT2D eigenvalue weighted by atomic mass is 9.65. The standard InChI is InChI=1S/C16H13BrClN3O3S/c17-12-7-9(21-25(23,24)10-2-3-13(18)19-8-10)6-11-14(12)20-15(22)16(11)4-1-5-16/h2-3,6-8,21H,1,4-5H2,(H,20,22). The van der Waals surface area contributed by atoms with E-state index in [-0.39, 0.29) is 16.0 Å². The number of rotatable bonds is 3. The third kappa shape index (κ3) is 2.63. The molecule has 6 nitrogen and oxygen atoms in total. The number of aromatic nitrogens is 1. The molecule has 1 amide bonds. The maximum Gasteiger partial charge on any atom is 0.263 e. The molecule has 25 heavy (non-hydrogen) atoms. The lowest BCUT2D eigenvalue weighted by molar-refractivity contribution is -0.123. The number of hydrogen-bond acceptors (Lipinski definition) is 4. The molecule has 0 atom stereocenters. The summed E-state index contributed by atoms with van der Waals surface area (Å²) in [5, 5.41) is 3.12. The molecule has 2 heterocycles. The van der Waals surface area contributed by atoms with Crippen molar-refractivity contribution in [1.29, 1.82) is 0 Å². The van der Waals surface area contributed by atoms with Crippen LogP contribution in [0.5, 0.6) is 0 Å². The Morgan fingerprint density at radius 3 is 2.64 bits per heavy atom. The molecule has 1 aromatic carbocycles. The topological polar surface area (TPSA) is 88.2 Å². The smallest absolute Gasteiger partial charge is 0.263 e. The molecule has 0 saturated heterocycles. The van der Waals surface area contributed by atoms with Crippen LogP contribution in [0, 0.1) is 0 Å². The quantitative estimate of drug-likeness (QED) is 0.710. The summed E-state index contributed by atoms with van der Waals surface area (Å²) in [4.78, 5) is 16.2. The maximum atomic E-state index is 12.5. The minimum atomic E-state index is -3.80. The minimum Gasteiger partial charge on any atom is -0.324 e. The fourth-order valence-corrected chi connectivity index (χ4v) is 4.94. The number of nitrogens with zero attached hydrogens (tertiary/aromatic N) is 1. The van der Waals surface area contributed by atoms with Crippen LogP contribution in [-0.2, 0) is 20.2 Å². The van der Waals surface area contributed by atoms with Crippen LogP contribution in [0.15, 0.2) is 39.8 Å². The Morgan fingerprint density at radius 1 is 1.28 bits per heavy atom. The van der Waals surface area contributed by atoms with E-state index in [1.165, 1.54) is 18.3 Å². The van der Waals surface area contributed by atoms with Crippen molar-refractivity contribution < 1.29 is 13.2 Å². The predicted molar refractivity (Wildman–Crippen MR) is 98.4 cm³/mol. The second-order valence-corrected chi connectivity index (χ2v) is 9.12. The molecular formula is C16H13BrClN3O3S. The van der Waals surface area contributed by atoms with Gasteiger partial charge in [0.25, 0.3) is 10.0 Å². The SMILES string of the molecule is O=C1Nc2c(Br)cc(NS(=O)(=O)c3ccc(Cl)nc3)cc2C12CCC2. The molecule has 2 aliphatic rings. The number of benzene rings is 1. The molecule has 1 saturated carbocycles. The number of fused-ring (bicyclic) bond motifs is 2. The van der Waals surface area contributed by atoms with E-state index in [1.807, 2.05) is 0 Å². The molecule has 1 fully saturated rings. The Kier molecular flexibility index (Phi) is 3.82. The highest BCUT2D eigenvalue weighted by atomic mass is 79.9. The maximum absolute atomic E-state index is 12.5. The summed E-state index contributed by atoms with van der Waals surface area (Å²) in [7, 11) is -3.80. The van der Waals surface area contributed by atoms with E-state index in [0.717, 1.165) is 30.5 Å². The molecule has 1 aromatic heterocycles. The second kappa shape index (κ2) is 5.69. The largest absolute Gasteiger partial charge is 0.324 e. The van der Waals surface area contributed by atoms with Crippen LogP contribution in [0.3, 0.4) is 0 Å². The first-order valence-electron chi connectivity index (χ1n) is 7.62. The highest BCUT2D eigenvalue weighted by molar-refractivity contribution is 9.10.